The van der Waals surface area contributed by atoms with Gasteiger partial charge in [-0.15, -0.1) is 0 Å². The summed E-state index contributed by atoms with van der Waals surface area (Å²) in [6.07, 6.45) is 2.39. The molecule has 0 radical (unpaired) electrons. The van der Waals surface area contributed by atoms with Gasteiger partial charge in [-0.2, -0.15) is 0 Å². The van der Waals surface area contributed by atoms with Gasteiger partial charge in [-0.3, -0.25) is 10.6 Å². The fraction of sp³-hybridized carbons (Fsp3) is 0.533. The molecular weight excluding hydrogens is 252 g/mol. The number of amides is 1. The van der Waals surface area contributed by atoms with Crippen molar-refractivity contribution in [2.75, 3.05) is 25.1 Å². The molecule has 0 aromatic heterocycles. The number of hydrogen-bond acceptors (Lipinski definition) is 4. The molecule has 1 aromatic carbocycles. The summed E-state index contributed by atoms with van der Waals surface area (Å²) in [6, 6.07) is 5.95. The van der Waals surface area contributed by atoms with Crippen molar-refractivity contribution < 1.29 is 4.79 Å². The van der Waals surface area contributed by atoms with Crippen LogP contribution < -0.4 is 16.6 Å². The molecule has 108 valence electrons. The number of piperidine rings is 3. The van der Waals surface area contributed by atoms with E-state index in [1.165, 1.54) is 25.9 Å². The average Bonchev–Trinajstić information content (AvgIpc) is 2.48. The van der Waals surface area contributed by atoms with Crippen LogP contribution in [0.25, 0.3) is 0 Å². The fourth-order valence-electron chi connectivity index (χ4n) is 3.35. The number of fused-ring (bicyclic) bond motifs is 3. The van der Waals surface area contributed by atoms with Gasteiger partial charge in [0.1, 0.15) is 0 Å². The minimum Gasteiger partial charge on any atom is -0.348 e. The maximum Gasteiger partial charge on any atom is 0.253 e. The van der Waals surface area contributed by atoms with Crippen LogP contribution in [-0.4, -0.2) is 36.5 Å². The summed E-state index contributed by atoms with van der Waals surface area (Å²) >= 11 is 0. The molecule has 3 heterocycles. The predicted octanol–water partition coefficient (Wildman–Crippen LogP) is 1.10. The molecule has 1 unspecified atom stereocenters. The second-order valence-corrected chi connectivity index (χ2v) is 5.91. The SMILES string of the molecule is Cc1ccc(NN)c(C(=O)NC2CN3CCC2CC3)c1. The van der Waals surface area contributed by atoms with E-state index in [9.17, 15) is 4.79 Å². The van der Waals surface area contributed by atoms with Gasteiger partial charge in [0.2, 0.25) is 0 Å². The Morgan fingerprint density at radius 3 is 2.70 bits per heavy atom. The first-order valence-electron chi connectivity index (χ1n) is 7.28. The summed E-state index contributed by atoms with van der Waals surface area (Å²) in [4.78, 5) is 14.9. The summed E-state index contributed by atoms with van der Waals surface area (Å²) in [5, 5.41) is 3.19. The van der Waals surface area contributed by atoms with Crippen molar-refractivity contribution in [1.29, 1.82) is 0 Å². The van der Waals surface area contributed by atoms with Crippen molar-refractivity contribution in [3.05, 3.63) is 29.3 Å². The maximum absolute atomic E-state index is 12.5. The van der Waals surface area contributed by atoms with Gasteiger partial charge in [-0.1, -0.05) is 11.6 Å². The summed E-state index contributed by atoms with van der Waals surface area (Å²) in [5.74, 6) is 6.09. The number of aryl methyl sites for hydroxylation is 1. The largest absolute Gasteiger partial charge is 0.348 e. The zero-order chi connectivity index (χ0) is 14.1. The normalized spacial score (nSPS) is 28.2. The molecule has 3 aliphatic heterocycles. The quantitative estimate of drug-likeness (QED) is 0.570. The molecule has 1 atom stereocenters. The molecular formula is C15H22N4O. The second kappa shape index (κ2) is 5.42. The molecule has 3 saturated heterocycles. The first-order valence-corrected chi connectivity index (χ1v) is 7.28. The van der Waals surface area contributed by atoms with Crippen LogP contribution in [0.3, 0.4) is 0 Å². The lowest BCUT2D eigenvalue weighted by molar-refractivity contribution is 0.0621. The number of nitrogens with zero attached hydrogens (tertiary/aromatic N) is 1. The van der Waals surface area contributed by atoms with Gasteiger partial charge in [-0.05, 0) is 50.9 Å². The van der Waals surface area contributed by atoms with E-state index in [2.05, 4.69) is 15.6 Å². The molecule has 4 N–H and O–H groups in total. The van der Waals surface area contributed by atoms with E-state index in [0.29, 0.717) is 17.2 Å². The molecule has 1 aromatic rings. The van der Waals surface area contributed by atoms with Crippen LogP contribution in [0.4, 0.5) is 5.69 Å². The molecule has 0 aliphatic carbocycles. The van der Waals surface area contributed by atoms with Crippen LogP contribution in [0, 0.1) is 12.8 Å². The zero-order valence-corrected chi connectivity index (χ0v) is 11.9. The van der Waals surface area contributed by atoms with Crippen LogP contribution in [0.5, 0.6) is 0 Å². The minimum absolute atomic E-state index is 0.0274. The first-order chi connectivity index (χ1) is 9.67. The molecule has 0 spiro atoms. The highest BCUT2D eigenvalue weighted by Crippen LogP contribution is 2.28. The number of nitrogens with two attached hydrogens (primary N) is 1. The molecule has 5 nitrogen and oxygen atoms in total. The monoisotopic (exact) mass is 274 g/mol. The van der Waals surface area contributed by atoms with Crippen molar-refractivity contribution in [2.45, 2.75) is 25.8 Å². The second-order valence-electron chi connectivity index (χ2n) is 5.91. The molecule has 0 saturated carbocycles. The van der Waals surface area contributed by atoms with Crippen molar-refractivity contribution in [2.24, 2.45) is 11.8 Å². The topological polar surface area (TPSA) is 70.4 Å². The third kappa shape index (κ3) is 2.51. The lowest BCUT2D eigenvalue weighted by Gasteiger charge is -2.45. The number of carbonyl (C=O) groups is 1. The van der Waals surface area contributed by atoms with Crippen molar-refractivity contribution >= 4 is 11.6 Å². The van der Waals surface area contributed by atoms with Gasteiger partial charge < -0.3 is 15.6 Å². The Labute approximate surface area is 119 Å². The van der Waals surface area contributed by atoms with Gasteiger partial charge in [0.25, 0.3) is 5.91 Å². The number of nitrogens with one attached hydrogen (secondary N) is 2. The molecule has 2 bridgehead atoms. The Kier molecular flexibility index (Phi) is 3.63. The Bertz CT molecular complexity index is 509. The fourth-order valence-corrected chi connectivity index (χ4v) is 3.35. The molecule has 3 fully saturated rings. The lowest BCUT2D eigenvalue weighted by atomic mass is 9.84. The highest BCUT2D eigenvalue weighted by Gasteiger charge is 2.35. The Hall–Kier alpha value is -1.59. The number of benzene rings is 1. The third-order valence-electron chi connectivity index (χ3n) is 4.55. The predicted molar refractivity (Wildman–Crippen MR) is 79.4 cm³/mol. The van der Waals surface area contributed by atoms with Gasteiger partial charge in [0.05, 0.1) is 11.3 Å². The third-order valence-corrected chi connectivity index (χ3v) is 4.55. The van der Waals surface area contributed by atoms with E-state index in [1.807, 2.05) is 25.1 Å². The molecule has 1 amide bonds. The van der Waals surface area contributed by atoms with Gasteiger partial charge in [0.15, 0.2) is 0 Å². The van der Waals surface area contributed by atoms with E-state index in [0.717, 1.165) is 12.1 Å². The number of nitrogen functional groups attached to an aromatic ring is 1. The summed E-state index contributed by atoms with van der Waals surface area (Å²) in [7, 11) is 0. The van der Waals surface area contributed by atoms with E-state index in [4.69, 9.17) is 5.84 Å². The van der Waals surface area contributed by atoms with Gasteiger partial charge >= 0.3 is 0 Å². The number of anilines is 1. The van der Waals surface area contributed by atoms with E-state index in [1.54, 1.807) is 0 Å². The molecule has 4 rings (SSSR count). The number of hydrazine groups is 1. The highest BCUT2D eigenvalue weighted by atomic mass is 16.1. The first kappa shape index (κ1) is 13.4. The van der Waals surface area contributed by atoms with Crippen molar-refractivity contribution in [1.82, 2.24) is 10.2 Å². The van der Waals surface area contributed by atoms with Gasteiger partial charge in [0, 0.05) is 12.6 Å². The van der Waals surface area contributed by atoms with Crippen molar-refractivity contribution in [3.63, 3.8) is 0 Å². The van der Waals surface area contributed by atoms with Crippen molar-refractivity contribution in [3.8, 4) is 0 Å². The molecule has 5 heteroatoms. The highest BCUT2D eigenvalue weighted by molar-refractivity contribution is 6.00. The van der Waals surface area contributed by atoms with Crippen LogP contribution in [0.15, 0.2) is 18.2 Å². The van der Waals surface area contributed by atoms with Crippen LogP contribution >= 0.6 is 0 Å². The summed E-state index contributed by atoms with van der Waals surface area (Å²) < 4.78 is 0. The van der Waals surface area contributed by atoms with Gasteiger partial charge in [-0.25, -0.2) is 0 Å². The molecule has 3 aliphatic rings. The number of carbonyl (C=O) groups excluding carboxylic acids is 1. The summed E-state index contributed by atoms with van der Waals surface area (Å²) in [5.41, 5.74) is 4.97. The standard InChI is InChI=1S/C15H22N4O/c1-10-2-3-13(18-16)12(8-10)15(20)17-14-9-19-6-4-11(14)5-7-19/h2-3,8,11,14,18H,4-7,9,16H2,1H3,(H,17,20). The summed E-state index contributed by atoms with van der Waals surface area (Å²) in [6.45, 7) is 5.31. The lowest BCUT2D eigenvalue weighted by Crippen LogP contribution is -2.57. The minimum atomic E-state index is -0.0274. The Morgan fingerprint density at radius 1 is 1.35 bits per heavy atom. The smallest absolute Gasteiger partial charge is 0.253 e. The Balaban J connectivity index is 1.75. The van der Waals surface area contributed by atoms with E-state index < -0.39 is 0 Å². The van der Waals surface area contributed by atoms with Crippen LogP contribution in [0.1, 0.15) is 28.8 Å². The van der Waals surface area contributed by atoms with Crippen LogP contribution in [0.2, 0.25) is 0 Å². The molecule has 20 heavy (non-hydrogen) atoms. The average molecular weight is 274 g/mol. The number of rotatable bonds is 3. The Morgan fingerprint density at radius 2 is 2.10 bits per heavy atom. The van der Waals surface area contributed by atoms with E-state index in [-0.39, 0.29) is 11.9 Å². The maximum atomic E-state index is 12.5. The van der Waals surface area contributed by atoms with Crippen LogP contribution in [-0.2, 0) is 0 Å². The zero-order valence-electron chi connectivity index (χ0n) is 11.9. The van der Waals surface area contributed by atoms with E-state index >= 15 is 0 Å². The number of hydrogen-bond donors (Lipinski definition) is 3.